The van der Waals surface area contributed by atoms with Crippen molar-refractivity contribution in [1.82, 2.24) is 0 Å². The molecule has 0 bridgehead atoms. The van der Waals surface area contributed by atoms with Crippen LogP contribution in [0.1, 0.15) is 31.3 Å². The Kier molecular flexibility index (Phi) is 2.99. The van der Waals surface area contributed by atoms with Gasteiger partial charge in [-0.2, -0.15) is 4.89 Å². The summed E-state index contributed by atoms with van der Waals surface area (Å²) >= 11 is 0. The Labute approximate surface area is 94.7 Å². The molecule has 2 rings (SSSR count). The summed E-state index contributed by atoms with van der Waals surface area (Å²) in [5.74, 6) is 0. The Morgan fingerprint density at radius 1 is 1.25 bits per heavy atom. The highest BCUT2D eigenvalue weighted by Crippen LogP contribution is 2.38. The number of aliphatic hydroxyl groups excluding tert-OH is 1. The molecule has 0 amide bonds. The molecule has 16 heavy (non-hydrogen) atoms. The molecule has 4 nitrogen and oxygen atoms in total. The smallest absolute Gasteiger partial charge is 0.217 e. The van der Waals surface area contributed by atoms with Gasteiger partial charge < -0.3 is 9.84 Å². The lowest BCUT2D eigenvalue weighted by Crippen LogP contribution is -2.34. The van der Waals surface area contributed by atoms with E-state index in [1.165, 1.54) is 7.11 Å². The van der Waals surface area contributed by atoms with Crippen LogP contribution in [0.15, 0.2) is 24.3 Å². The van der Waals surface area contributed by atoms with Crippen molar-refractivity contribution in [3.05, 3.63) is 35.4 Å². The number of fused-ring (bicyclic) bond motifs is 1. The Balaban J connectivity index is 2.54. The maximum atomic E-state index is 9.87. The standard InChI is InChI=1S/C12H16O4/c1-12(2)9-7-5-4-6-8(9)10(14-3)15-16-11(12)13/h4-7,10-11,13H,1-3H3. The Hall–Kier alpha value is -0.940. The van der Waals surface area contributed by atoms with Crippen LogP contribution in [0.3, 0.4) is 0 Å². The van der Waals surface area contributed by atoms with E-state index in [1.54, 1.807) is 0 Å². The third-order valence-corrected chi connectivity index (χ3v) is 2.97. The van der Waals surface area contributed by atoms with Crippen LogP contribution in [-0.4, -0.2) is 18.5 Å². The van der Waals surface area contributed by atoms with Gasteiger partial charge in [0, 0.05) is 18.1 Å². The zero-order valence-electron chi connectivity index (χ0n) is 9.64. The monoisotopic (exact) mass is 224 g/mol. The molecule has 0 aliphatic carbocycles. The minimum Gasteiger partial charge on any atom is -0.365 e. The van der Waals surface area contributed by atoms with Gasteiger partial charge in [-0.1, -0.05) is 38.1 Å². The molecule has 88 valence electrons. The van der Waals surface area contributed by atoms with Gasteiger partial charge in [-0.3, -0.25) is 0 Å². The van der Waals surface area contributed by atoms with E-state index in [2.05, 4.69) is 0 Å². The van der Waals surface area contributed by atoms with E-state index in [0.717, 1.165) is 11.1 Å². The van der Waals surface area contributed by atoms with Crippen LogP contribution in [-0.2, 0) is 19.9 Å². The number of rotatable bonds is 1. The first kappa shape index (κ1) is 11.5. The summed E-state index contributed by atoms with van der Waals surface area (Å²) in [7, 11) is 1.54. The quantitative estimate of drug-likeness (QED) is 0.740. The predicted octanol–water partition coefficient (Wildman–Crippen LogP) is 1.89. The second-order valence-electron chi connectivity index (χ2n) is 4.42. The number of hydrogen-bond acceptors (Lipinski definition) is 4. The lowest BCUT2D eigenvalue weighted by Gasteiger charge is -2.27. The van der Waals surface area contributed by atoms with Gasteiger partial charge in [-0.25, -0.2) is 4.89 Å². The first-order valence-electron chi connectivity index (χ1n) is 5.19. The van der Waals surface area contributed by atoms with Crippen molar-refractivity contribution >= 4 is 0 Å². The van der Waals surface area contributed by atoms with Crippen molar-refractivity contribution < 1.29 is 19.6 Å². The Morgan fingerprint density at radius 2 is 1.94 bits per heavy atom. The zero-order chi connectivity index (χ0) is 11.8. The molecule has 1 aromatic rings. The number of ether oxygens (including phenoxy) is 1. The van der Waals surface area contributed by atoms with Crippen molar-refractivity contribution in [3.8, 4) is 0 Å². The summed E-state index contributed by atoms with van der Waals surface area (Å²) in [4.78, 5) is 9.99. The average molecular weight is 224 g/mol. The van der Waals surface area contributed by atoms with E-state index >= 15 is 0 Å². The van der Waals surface area contributed by atoms with Gasteiger partial charge in [0.2, 0.25) is 6.29 Å². The molecule has 1 aromatic carbocycles. The van der Waals surface area contributed by atoms with E-state index in [4.69, 9.17) is 14.5 Å². The van der Waals surface area contributed by atoms with E-state index < -0.39 is 18.0 Å². The molecule has 1 heterocycles. The summed E-state index contributed by atoms with van der Waals surface area (Å²) in [6.45, 7) is 3.80. The number of methoxy groups -OCH3 is 1. The summed E-state index contributed by atoms with van der Waals surface area (Å²) < 4.78 is 5.18. The zero-order valence-corrected chi connectivity index (χ0v) is 9.64. The van der Waals surface area contributed by atoms with Gasteiger partial charge in [0.05, 0.1) is 0 Å². The molecule has 0 radical (unpaired) electrons. The van der Waals surface area contributed by atoms with Crippen molar-refractivity contribution in [1.29, 1.82) is 0 Å². The number of hydrogen-bond donors (Lipinski definition) is 1. The van der Waals surface area contributed by atoms with Gasteiger partial charge >= 0.3 is 0 Å². The molecule has 0 spiro atoms. The molecule has 0 saturated carbocycles. The lowest BCUT2D eigenvalue weighted by atomic mass is 9.81. The fourth-order valence-corrected chi connectivity index (χ4v) is 1.86. The van der Waals surface area contributed by atoms with E-state index in [9.17, 15) is 5.11 Å². The molecular formula is C12H16O4. The van der Waals surface area contributed by atoms with Crippen molar-refractivity contribution in [2.45, 2.75) is 31.8 Å². The molecule has 0 saturated heterocycles. The summed E-state index contributed by atoms with van der Waals surface area (Å²) in [5.41, 5.74) is 1.31. The minimum atomic E-state index is -1.02. The average Bonchev–Trinajstić information content (AvgIpc) is 2.38. The van der Waals surface area contributed by atoms with Crippen LogP contribution in [0, 0.1) is 0 Å². The first-order valence-corrected chi connectivity index (χ1v) is 5.19. The molecule has 0 aromatic heterocycles. The third-order valence-electron chi connectivity index (χ3n) is 2.97. The number of aliphatic hydroxyl groups is 1. The van der Waals surface area contributed by atoms with Gasteiger partial charge in [-0.05, 0) is 5.56 Å². The van der Waals surface area contributed by atoms with Crippen LogP contribution in [0.4, 0.5) is 0 Å². The van der Waals surface area contributed by atoms with Gasteiger partial charge in [0.1, 0.15) is 0 Å². The van der Waals surface area contributed by atoms with Gasteiger partial charge in [-0.15, -0.1) is 0 Å². The van der Waals surface area contributed by atoms with Crippen LogP contribution in [0.2, 0.25) is 0 Å². The maximum absolute atomic E-state index is 9.87. The largest absolute Gasteiger partial charge is 0.365 e. The van der Waals surface area contributed by atoms with Crippen LogP contribution < -0.4 is 0 Å². The molecular weight excluding hydrogens is 208 g/mol. The van der Waals surface area contributed by atoms with Gasteiger partial charge in [0.15, 0.2) is 6.29 Å². The van der Waals surface area contributed by atoms with E-state index in [-0.39, 0.29) is 0 Å². The lowest BCUT2D eigenvalue weighted by molar-refractivity contribution is -0.434. The maximum Gasteiger partial charge on any atom is 0.217 e. The van der Waals surface area contributed by atoms with Crippen LogP contribution in [0.5, 0.6) is 0 Å². The van der Waals surface area contributed by atoms with Crippen molar-refractivity contribution in [3.63, 3.8) is 0 Å². The Morgan fingerprint density at radius 3 is 2.62 bits per heavy atom. The summed E-state index contributed by atoms with van der Waals surface area (Å²) in [6, 6.07) is 7.68. The molecule has 1 aliphatic heterocycles. The minimum absolute atomic E-state index is 0.538. The molecule has 1 N–H and O–H groups in total. The molecule has 0 fully saturated rings. The number of benzene rings is 1. The van der Waals surface area contributed by atoms with E-state index in [0.29, 0.717) is 0 Å². The SMILES string of the molecule is COC1OOC(O)C(C)(C)c2ccccc21. The van der Waals surface area contributed by atoms with Gasteiger partial charge in [0.25, 0.3) is 0 Å². The molecule has 1 aliphatic rings. The second-order valence-corrected chi connectivity index (χ2v) is 4.42. The van der Waals surface area contributed by atoms with Crippen LogP contribution >= 0.6 is 0 Å². The summed E-state index contributed by atoms with van der Waals surface area (Å²) in [6.07, 6.45) is -1.62. The highest BCUT2D eigenvalue weighted by Gasteiger charge is 2.38. The molecule has 2 unspecified atom stereocenters. The summed E-state index contributed by atoms with van der Waals surface area (Å²) in [5, 5.41) is 9.87. The topological polar surface area (TPSA) is 47.9 Å². The predicted molar refractivity (Wildman–Crippen MR) is 57.4 cm³/mol. The fraction of sp³-hybridized carbons (Fsp3) is 0.500. The highest BCUT2D eigenvalue weighted by atomic mass is 17.2. The Bertz CT molecular complexity index is 375. The molecule has 4 heteroatoms. The van der Waals surface area contributed by atoms with E-state index in [1.807, 2.05) is 38.1 Å². The van der Waals surface area contributed by atoms with Crippen molar-refractivity contribution in [2.24, 2.45) is 0 Å². The van der Waals surface area contributed by atoms with Crippen molar-refractivity contribution in [2.75, 3.05) is 7.11 Å². The highest BCUT2D eigenvalue weighted by molar-refractivity contribution is 5.35. The fourth-order valence-electron chi connectivity index (χ4n) is 1.86. The normalized spacial score (nSPS) is 28.2. The first-order chi connectivity index (χ1) is 7.57. The second kappa shape index (κ2) is 4.14. The van der Waals surface area contributed by atoms with Crippen LogP contribution in [0.25, 0.3) is 0 Å². The molecule has 2 atom stereocenters. The third kappa shape index (κ3) is 1.74.